The van der Waals surface area contributed by atoms with Crippen molar-refractivity contribution in [2.24, 2.45) is 5.92 Å². The fourth-order valence-electron chi connectivity index (χ4n) is 3.62. The van der Waals surface area contributed by atoms with Crippen LogP contribution in [0.25, 0.3) is 0 Å². The number of allylic oxidation sites excluding steroid dienone is 3. The molecular formula is C24H26N2O4S. The lowest BCUT2D eigenvalue weighted by Crippen LogP contribution is -2.22. The standard InChI is InChI=1S/C24H26N2O4S/c1-16-23(24(28)25-14-17-6-3-2-4-7-17)31-22(26-16)12-18-9-10-19(13-21(18)27)30-15-20-8-5-11-29-20/h2-4,6-7,9-10,13,18,20H,5,8,11-12,14-15H2,1H3,(H,25,28). The molecule has 2 unspecified atom stereocenters. The number of nitrogens with zero attached hydrogens (tertiary/aromatic N) is 1. The second-order valence-corrected chi connectivity index (χ2v) is 8.84. The van der Waals surface area contributed by atoms with E-state index in [1.54, 1.807) is 6.08 Å². The van der Waals surface area contributed by atoms with E-state index in [1.807, 2.05) is 49.4 Å². The average molecular weight is 439 g/mol. The van der Waals surface area contributed by atoms with E-state index in [4.69, 9.17) is 9.47 Å². The van der Waals surface area contributed by atoms with Crippen LogP contribution in [0.2, 0.25) is 0 Å². The van der Waals surface area contributed by atoms with Crippen LogP contribution in [0.3, 0.4) is 0 Å². The van der Waals surface area contributed by atoms with Crippen molar-refractivity contribution >= 4 is 23.0 Å². The number of carbonyl (C=O) groups is 2. The Morgan fingerprint density at radius 1 is 1.32 bits per heavy atom. The lowest BCUT2D eigenvalue weighted by molar-refractivity contribution is -0.117. The summed E-state index contributed by atoms with van der Waals surface area (Å²) in [4.78, 5) is 30.2. The minimum absolute atomic E-state index is 0.00669. The molecule has 0 radical (unpaired) electrons. The number of carbonyl (C=O) groups excluding carboxylic acids is 2. The number of benzene rings is 1. The van der Waals surface area contributed by atoms with E-state index in [-0.39, 0.29) is 23.7 Å². The fourth-order valence-corrected chi connectivity index (χ4v) is 4.66. The van der Waals surface area contributed by atoms with Crippen molar-refractivity contribution in [1.82, 2.24) is 10.3 Å². The molecule has 0 saturated carbocycles. The predicted octanol–water partition coefficient (Wildman–Crippen LogP) is 3.76. The Kier molecular flexibility index (Phi) is 6.94. The number of amides is 1. The van der Waals surface area contributed by atoms with Gasteiger partial charge >= 0.3 is 0 Å². The summed E-state index contributed by atoms with van der Waals surface area (Å²) in [5.41, 5.74) is 1.73. The van der Waals surface area contributed by atoms with Crippen molar-refractivity contribution < 1.29 is 19.1 Å². The number of ether oxygens (including phenoxy) is 2. The number of hydrogen-bond donors (Lipinski definition) is 1. The summed E-state index contributed by atoms with van der Waals surface area (Å²) in [6, 6.07) is 9.77. The van der Waals surface area contributed by atoms with Crippen molar-refractivity contribution in [3.8, 4) is 0 Å². The minimum atomic E-state index is -0.291. The van der Waals surface area contributed by atoms with Crippen molar-refractivity contribution in [2.75, 3.05) is 13.2 Å². The highest BCUT2D eigenvalue weighted by molar-refractivity contribution is 7.13. The van der Waals surface area contributed by atoms with Gasteiger partial charge in [0.25, 0.3) is 5.91 Å². The van der Waals surface area contributed by atoms with E-state index >= 15 is 0 Å². The van der Waals surface area contributed by atoms with Crippen LogP contribution in [0.15, 0.2) is 54.3 Å². The molecule has 0 bridgehead atoms. The van der Waals surface area contributed by atoms with Gasteiger partial charge in [-0.2, -0.15) is 0 Å². The summed E-state index contributed by atoms with van der Waals surface area (Å²) in [5.74, 6) is 0.141. The third-order valence-corrected chi connectivity index (χ3v) is 6.52. The van der Waals surface area contributed by atoms with Crippen LogP contribution >= 0.6 is 11.3 Å². The van der Waals surface area contributed by atoms with Crippen LogP contribution < -0.4 is 5.32 Å². The van der Waals surface area contributed by atoms with Gasteiger partial charge < -0.3 is 14.8 Å². The SMILES string of the molecule is Cc1nc(CC2C=CC(OCC3CCCO3)=CC2=O)sc1C(=O)NCc1ccccc1. The highest BCUT2D eigenvalue weighted by Crippen LogP contribution is 2.25. The Bertz CT molecular complexity index is 990. The van der Waals surface area contributed by atoms with E-state index < -0.39 is 0 Å². The quantitative estimate of drug-likeness (QED) is 0.679. The van der Waals surface area contributed by atoms with Gasteiger partial charge in [0.1, 0.15) is 17.2 Å². The average Bonchev–Trinajstić information content (AvgIpc) is 3.42. The molecule has 1 saturated heterocycles. The van der Waals surface area contributed by atoms with Gasteiger partial charge in [0.2, 0.25) is 0 Å². The van der Waals surface area contributed by atoms with Crippen molar-refractivity contribution in [3.63, 3.8) is 0 Å². The van der Waals surface area contributed by atoms with Crippen LogP contribution in [0.4, 0.5) is 0 Å². The molecule has 162 valence electrons. The van der Waals surface area contributed by atoms with E-state index in [1.165, 1.54) is 11.3 Å². The molecule has 2 atom stereocenters. The molecule has 2 heterocycles. The largest absolute Gasteiger partial charge is 0.491 e. The molecule has 7 heteroatoms. The number of hydrogen-bond acceptors (Lipinski definition) is 6. The lowest BCUT2D eigenvalue weighted by atomic mass is 9.95. The van der Waals surface area contributed by atoms with Crippen LogP contribution in [0.1, 0.15) is 38.8 Å². The zero-order chi connectivity index (χ0) is 21.6. The van der Waals surface area contributed by atoms with E-state index in [2.05, 4.69) is 10.3 Å². The number of thiazole rings is 1. The molecule has 1 aromatic heterocycles. The number of rotatable bonds is 8. The highest BCUT2D eigenvalue weighted by Gasteiger charge is 2.23. The summed E-state index contributed by atoms with van der Waals surface area (Å²) in [6.45, 7) is 3.55. The molecule has 6 nitrogen and oxygen atoms in total. The van der Waals surface area contributed by atoms with Gasteiger partial charge in [-0.05, 0) is 31.4 Å². The number of ketones is 1. The molecule has 0 spiro atoms. The number of aryl methyl sites for hydroxylation is 1. The fraction of sp³-hybridized carbons (Fsp3) is 0.375. The van der Waals surface area contributed by atoms with Gasteiger partial charge in [0, 0.05) is 31.6 Å². The zero-order valence-corrected chi connectivity index (χ0v) is 18.3. The lowest BCUT2D eigenvalue weighted by Gasteiger charge is -2.16. The topological polar surface area (TPSA) is 77.5 Å². The first-order valence-corrected chi connectivity index (χ1v) is 11.4. The van der Waals surface area contributed by atoms with E-state index in [0.29, 0.717) is 35.9 Å². The summed E-state index contributed by atoms with van der Waals surface area (Å²) in [7, 11) is 0. The van der Waals surface area contributed by atoms with Gasteiger partial charge in [-0.15, -0.1) is 11.3 Å². The minimum Gasteiger partial charge on any atom is -0.491 e. The van der Waals surface area contributed by atoms with E-state index in [9.17, 15) is 9.59 Å². The summed E-state index contributed by atoms with van der Waals surface area (Å²) in [6.07, 6.45) is 7.90. The second-order valence-electron chi connectivity index (χ2n) is 7.76. The van der Waals surface area contributed by atoms with Crippen molar-refractivity contribution in [2.45, 2.75) is 38.8 Å². The third-order valence-electron chi connectivity index (χ3n) is 5.34. The number of aromatic nitrogens is 1. The first kappa shape index (κ1) is 21.5. The molecular weight excluding hydrogens is 412 g/mol. The Morgan fingerprint density at radius 2 is 2.16 bits per heavy atom. The van der Waals surface area contributed by atoms with Gasteiger partial charge in [0.15, 0.2) is 5.78 Å². The first-order chi connectivity index (χ1) is 15.1. The molecule has 1 aromatic carbocycles. The molecule has 31 heavy (non-hydrogen) atoms. The summed E-state index contributed by atoms with van der Waals surface area (Å²) >= 11 is 1.35. The smallest absolute Gasteiger partial charge is 0.263 e. The highest BCUT2D eigenvalue weighted by atomic mass is 32.1. The van der Waals surface area contributed by atoms with Crippen molar-refractivity contribution in [1.29, 1.82) is 0 Å². The van der Waals surface area contributed by atoms with Gasteiger partial charge in [-0.25, -0.2) is 4.98 Å². The van der Waals surface area contributed by atoms with Gasteiger partial charge in [-0.3, -0.25) is 9.59 Å². The van der Waals surface area contributed by atoms with Crippen LogP contribution in [-0.4, -0.2) is 36.0 Å². The maximum Gasteiger partial charge on any atom is 0.263 e. The third kappa shape index (κ3) is 5.68. The molecule has 1 amide bonds. The zero-order valence-electron chi connectivity index (χ0n) is 17.5. The molecule has 1 aliphatic carbocycles. The first-order valence-electron chi connectivity index (χ1n) is 10.5. The normalized spacial score (nSPS) is 20.5. The molecule has 1 N–H and O–H groups in total. The van der Waals surface area contributed by atoms with Gasteiger partial charge in [-0.1, -0.05) is 36.4 Å². The van der Waals surface area contributed by atoms with Crippen molar-refractivity contribution in [3.05, 3.63) is 75.5 Å². The molecule has 4 rings (SSSR count). The van der Waals surface area contributed by atoms with Crippen LogP contribution in [0.5, 0.6) is 0 Å². The summed E-state index contributed by atoms with van der Waals surface area (Å²) in [5, 5.41) is 3.72. The Balaban J connectivity index is 1.31. The van der Waals surface area contributed by atoms with Crippen LogP contribution in [0, 0.1) is 12.8 Å². The molecule has 1 aliphatic heterocycles. The number of nitrogens with one attached hydrogen (secondary N) is 1. The molecule has 1 fully saturated rings. The Hall–Kier alpha value is -2.77. The van der Waals surface area contributed by atoms with Crippen LogP contribution in [-0.2, 0) is 27.2 Å². The van der Waals surface area contributed by atoms with E-state index in [0.717, 1.165) is 30.0 Å². The molecule has 2 aliphatic rings. The summed E-state index contributed by atoms with van der Waals surface area (Å²) < 4.78 is 11.3. The maximum absolute atomic E-state index is 12.6. The predicted molar refractivity (Wildman–Crippen MR) is 119 cm³/mol. The van der Waals surface area contributed by atoms with Gasteiger partial charge in [0.05, 0.1) is 16.8 Å². The Labute approximate surface area is 186 Å². The monoisotopic (exact) mass is 438 g/mol. The second kappa shape index (κ2) is 10.0. The Morgan fingerprint density at radius 3 is 2.90 bits per heavy atom. The molecule has 2 aromatic rings. The maximum atomic E-state index is 12.6.